The number of fused-ring (bicyclic) bond motifs is 1. The second-order valence-electron chi connectivity index (χ2n) is 4.68. The first-order valence-electron chi connectivity index (χ1n) is 6.51. The molecule has 1 atom stereocenters. The van der Waals surface area contributed by atoms with E-state index in [-0.39, 0.29) is 16.8 Å². The maximum atomic E-state index is 11.8. The van der Waals surface area contributed by atoms with Crippen LogP contribution >= 0.6 is 27.3 Å². The topological polar surface area (TPSA) is 51.2 Å². The van der Waals surface area contributed by atoms with Crippen LogP contribution in [0.15, 0.2) is 18.2 Å². The molecule has 0 aliphatic carbocycles. The molecule has 108 valence electrons. The third kappa shape index (κ3) is 3.70. The summed E-state index contributed by atoms with van der Waals surface area (Å²) < 4.78 is 6.65. The molecule has 1 heterocycles. The predicted octanol–water partition coefficient (Wildman–Crippen LogP) is 4.20. The number of amides is 1. The van der Waals surface area contributed by atoms with E-state index in [0.29, 0.717) is 5.13 Å². The molecule has 1 aromatic heterocycles. The Morgan fingerprint density at radius 1 is 1.50 bits per heavy atom. The average molecular weight is 357 g/mol. The van der Waals surface area contributed by atoms with Gasteiger partial charge in [-0.1, -0.05) is 34.2 Å². The lowest BCUT2D eigenvalue weighted by atomic mass is 10.3. The van der Waals surface area contributed by atoms with Gasteiger partial charge in [-0.25, -0.2) is 4.98 Å². The smallest absolute Gasteiger partial charge is 0.239 e. The summed E-state index contributed by atoms with van der Waals surface area (Å²) in [4.78, 5) is 16.0. The van der Waals surface area contributed by atoms with E-state index in [9.17, 15) is 4.79 Å². The molecule has 0 spiro atoms. The lowest BCUT2D eigenvalue weighted by Gasteiger charge is -2.08. The number of thiazole rings is 1. The average Bonchev–Trinajstić information content (AvgIpc) is 2.78. The molecule has 0 aliphatic heterocycles. The molecule has 2 rings (SSSR count). The Labute approximate surface area is 130 Å². The van der Waals surface area contributed by atoms with Crippen LogP contribution in [0.2, 0.25) is 0 Å². The molecule has 0 saturated carbocycles. The first-order valence-corrected chi connectivity index (χ1v) is 8.25. The van der Waals surface area contributed by atoms with Gasteiger partial charge in [0.05, 0.1) is 21.1 Å². The second kappa shape index (κ2) is 6.54. The lowest BCUT2D eigenvalue weighted by Crippen LogP contribution is -2.21. The van der Waals surface area contributed by atoms with Crippen molar-refractivity contribution in [3.63, 3.8) is 0 Å². The zero-order valence-electron chi connectivity index (χ0n) is 11.6. The maximum Gasteiger partial charge on any atom is 0.239 e. The van der Waals surface area contributed by atoms with Crippen molar-refractivity contribution in [2.24, 2.45) is 0 Å². The van der Waals surface area contributed by atoms with E-state index < -0.39 is 0 Å². The van der Waals surface area contributed by atoms with Crippen LogP contribution in [0.1, 0.15) is 27.2 Å². The zero-order valence-corrected chi connectivity index (χ0v) is 14.0. The number of rotatable bonds is 5. The Balaban J connectivity index is 2.18. The van der Waals surface area contributed by atoms with E-state index in [0.717, 1.165) is 22.4 Å². The zero-order chi connectivity index (χ0) is 14.7. The van der Waals surface area contributed by atoms with Gasteiger partial charge in [-0.15, -0.1) is 0 Å². The van der Waals surface area contributed by atoms with Gasteiger partial charge in [0, 0.05) is 0 Å². The molecular weight excluding hydrogens is 340 g/mol. The fraction of sp³-hybridized carbons (Fsp3) is 0.429. The van der Waals surface area contributed by atoms with E-state index in [1.165, 1.54) is 11.3 Å². The number of carbonyl (C=O) groups excluding carboxylic acids is 1. The van der Waals surface area contributed by atoms with Gasteiger partial charge in [-0.2, -0.15) is 0 Å². The summed E-state index contributed by atoms with van der Waals surface area (Å²) in [5.41, 5.74) is 0.865. The molecule has 1 aromatic carbocycles. The maximum absolute atomic E-state index is 11.8. The van der Waals surface area contributed by atoms with Crippen LogP contribution in [0, 0.1) is 0 Å². The van der Waals surface area contributed by atoms with Crippen molar-refractivity contribution in [2.45, 2.75) is 38.1 Å². The first-order chi connectivity index (χ1) is 9.49. The summed E-state index contributed by atoms with van der Waals surface area (Å²) in [6.07, 6.45) is 0.876. The first kappa shape index (κ1) is 15.3. The van der Waals surface area contributed by atoms with Crippen molar-refractivity contribution in [3.05, 3.63) is 18.2 Å². The number of carbonyl (C=O) groups is 1. The summed E-state index contributed by atoms with van der Waals surface area (Å²) in [6, 6.07) is 5.76. The number of hydrogen-bond acceptors (Lipinski definition) is 4. The van der Waals surface area contributed by atoms with Crippen molar-refractivity contribution >= 4 is 48.5 Å². The number of nitrogens with one attached hydrogen (secondary N) is 1. The second-order valence-corrected chi connectivity index (χ2v) is 6.82. The third-order valence-corrected chi connectivity index (χ3v) is 4.60. The monoisotopic (exact) mass is 356 g/mol. The Hall–Kier alpha value is -1.14. The number of aromatic nitrogens is 1. The summed E-state index contributed by atoms with van der Waals surface area (Å²) in [5, 5.41) is 3.44. The predicted molar refractivity (Wildman–Crippen MR) is 87.0 cm³/mol. The molecule has 1 unspecified atom stereocenters. The molecule has 1 N–H and O–H groups in total. The highest BCUT2D eigenvalue weighted by Crippen LogP contribution is 2.30. The molecule has 0 bridgehead atoms. The normalized spacial score (nSPS) is 12.7. The van der Waals surface area contributed by atoms with Crippen LogP contribution in [-0.4, -0.2) is 21.8 Å². The molecule has 0 fully saturated rings. The van der Waals surface area contributed by atoms with Gasteiger partial charge in [-0.3, -0.25) is 4.79 Å². The SMILES string of the molecule is CCC(Br)C(=O)Nc1nc2ccc(OC(C)C)cc2s1. The molecule has 1 amide bonds. The van der Waals surface area contributed by atoms with E-state index in [4.69, 9.17) is 4.74 Å². The summed E-state index contributed by atoms with van der Waals surface area (Å²) in [6.45, 7) is 5.93. The summed E-state index contributed by atoms with van der Waals surface area (Å²) in [7, 11) is 0. The number of anilines is 1. The molecule has 6 heteroatoms. The number of hydrogen-bond donors (Lipinski definition) is 1. The van der Waals surface area contributed by atoms with Gasteiger partial charge in [0.15, 0.2) is 5.13 Å². The van der Waals surface area contributed by atoms with Gasteiger partial charge in [0.1, 0.15) is 5.75 Å². The highest BCUT2D eigenvalue weighted by atomic mass is 79.9. The Kier molecular flexibility index (Phi) is 4.99. The van der Waals surface area contributed by atoms with Gasteiger partial charge in [-0.05, 0) is 38.5 Å². The van der Waals surface area contributed by atoms with Gasteiger partial charge in [0.25, 0.3) is 0 Å². The number of ether oxygens (including phenoxy) is 1. The minimum absolute atomic E-state index is 0.0646. The fourth-order valence-electron chi connectivity index (χ4n) is 1.67. The van der Waals surface area contributed by atoms with Crippen LogP contribution < -0.4 is 10.1 Å². The molecular formula is C14H17BrN2O2S. The van der Waals surface area contributed by atoms with Crippen molar-refractivity contribution in [3.8, 4) is 5.75 Å². The van der Waals surface area contributed by atoms with Crippen LogP contribution in [0.5, 0.6) is 5.75 Å². The van der Waals surface area contributed by atoms with E-state index >= 15 is 0 Å². The van der Waals surface area contributed by atoms with Crippen LogP contribution in [-0.2, 0) is 4.79 Å². The highest BCUT2D eigenvalue weighted by Gasteiger charge is 2.14. The van der Waals surface area contributed by atoms with E-state index in [1.54, 1.807) is 0 Å². The van der Waals surface area contributed by atoms with Crippen LogP contribution in [0.25, 0.3) is 10.2 Å². The minimum atomic E-state index is -0.186. The van der Waals surface area contributed by atoms with Crippen LogP contribution in [0.3, 0.4) is 0 Å². The van der Waals surface area contributed by atoms with Crippen molar-refractivity contribution < 1.29 is 9.53 Å². The van der Waals surface area contributed by atoms with Gasteiger partial charge in [0.2, 0.25) is 5.91 Å². The number of halogens is 1. The molecule has 0 saturated heterocycles. The van der Waals surface area contributed by atoms with Crippen molar-refractivity contribution in [1.29, 1.82) is 0 Å². The Morgan fingerprint density at radius 2 is 2.25 bits per heavy atom. The molecule has 0 radical (unpaired) electrons. The van der Waals surface area contributed by atoms with Gasteiger partial charge >= 0.3 is 0 Å². The number of nitrogens with zero attached hydrogens (tertiary/aromatic N) is 1. The minimum Gasteiger partial charge on any atom is -0.491 e. The third-order valence-electron chi connectivity index (χ3n) is 2.60. The van der Waals surface area contributed by atoms with Gasteiger partial charge < -0.3 is 10.1 Å². The molecule has 20 heavy (non-hydrogen) atoms. The Bertz CT molecular complexity index is 612. The lowest BCUT2D eigenvalue weighted by molar-refractivity contribution is -0.115. The Morgan fingerprint density at radius 3 is 2.90 bits per heavy atom. The quantitative estimate of drug-likeness (QED) is 0.816. The van der Waals surface area contributed by atoms with E-state index in [2.05, 4.69) is 26.2 Å². The van der Waals surface area contributed by atoms with Crippen molar-refractivity contribution in [2.75, 3.05) is 5.32 Å². The fourth-order valence-corrected chi connectivity index (χ4v) is 2.68. The standard InChI is InChI=1S/C14H17BrN2O2S/c1-4-10(15)13(18)17-14-16-11-6-5-9(19-8(2)3)7-12(11)20-14/h5-8,10H,4H2,1-3H3,(H,16,17,18). The number of benzene rings is 1. The molecule has 2 aromatic rings. The largest absolute Gasteiger partial charge is 0.491 e. The summed E-state index contributed by atoms with van der Waals surface area (Å²) >= 11 is 4.78. The highest BCUT2D eigenvalue weighted by molar-refractivity contribution is 9.10. The molecule has 0 aliphatic rings. The van der Waals surface area contributed by atoms with E-state index in [1.807, 2.05) is 39.0 Å². The van der Waals surface area contributed by atoms with Crippen LogP contribution in [0.4, 0.5) is 5.13 Å². The molecule has 4 nitrogen and oxygen atoms in total. The van der Waals surface area contributed by atoms with Crippen molar-refractivity contribution in [1.82, 2.24) is 4.98 Å². The number of alkyl halides is 1. The summed E-state index contributed by atoms with van der Waals surface area (Å²) in [5.74, 6) is 0.756.